The lowest BCUT2D eigenvalue weighted by Crippen LogP contribution is -2.33. The molecule has 2 nitrogen and oxygen atoms in total. The smallest absolute Gasteiger partial charge is 0.0870 e. The van der Waals surface area contributed by atoms with Crippen molar-refractivity contribution in [3.05, 3.63) is 11.6 Å². The zero-order valence-corrected chi connectivity index (χ0v) is 8.62. The van der Waals surface area contributed by atoms with Gasteiger partial charge in [-0.25, -0.2) is 0 Å². The predicted octanol–water partition coefficient (Wildman–Crippen LogP) is 2.27. The summed E-state index contributed by atoms with van der Waals surface area (Å²) in [6.07, 6.45) is 5.76. The lowest BCUT2D eigenvalue weighted by atomic mass is 9.90. The lowest BCUT2D eigenvalue weighted by molar-refractivity contribution is -0.0481. The van der Waals surface area contributed by atoms with E-state index in [0.29, 0.717) is 0 Å². The van der Waals surface area contributed by atoms with Gasteiger partial charge >= 0.3 is 0 Å². The summed E-state index contributed by atoms with van der Waals surface area (Å²) in [6, 6.07) is 0. The molecule has 2 heteroatoms. The Bertz CT molecular complexity index is 175. The summed E-state index contributed by atoms with van der Waals surface area (Å²) in [5.41, 5.74) is 1.42. The summed E-state index contributed by atoms with van der Waals surface area (Å²) in [5.74, 6) is 0. The van der Waals surface area contributed by atoms with Gasteiger partial charge < -0.3 is 9.84 Å². The molecule has 0 aromatic heterocycles. The van der Waals surface area contributed by atoms with E-state index in [1.54, 1.807) is 0 Å². The summed E-state index contributed by atoms with van der Waals surface area (Å²) >= 11 is 0. The number of hydrogen-bond donors (Lipinski definition) is 1. The van der Waals surface area contributed by atoms with Gasteiger partial charge in [0.1, 0.15) is 0 Å². The fourth-order valence-corrected chi connectivity index (χ4v) is 1.72. The number of rotatable bonds is 3. The van der Waals surface area contributed by atoms with Crippen molar-refractivity contribution in [2.24, 2.45) is 0 Å². The Kier molecular flexibility index (Phi) is 4.46. The molecule has 13 heavy (non-hydrogen) atoms. The highest BCUT2D eigenvalue weighted by Crippen LogP contribution is 2.25. The Morgan fingerprint density at radius 3 is 3.00 bits per heavy atom. The first-order chi connectivity index (χ1) is 6.27. The van der Waals surface area contributed by atoms with Crippen LogP contribution in [0.5, 0.6) is 0 Å². The van der Waals surface area contributed by atoms with Crippen molar-refractivity contribution in [1.82, 2.24) is 0 Å². The number of ether oxygens (including phenoxy) is 1. The van der Waals surface area contributed by atoms with Crippen molar-refractivity contribution < 1.29 is 9.84 Å². The van der Waals surface area contributed by atoms with Crippen LogP contribution >= 0.6 is 0 Å². The predicted molar refractivity (Wildman–Crippen MR) is 53.6 cm³/mol. The van der Waals surface area contributed by atoms with E-state index >= 15 is 0 Å². The van der Waals surface area contributed by atoms with Crippen LogP contribution in [0.25, 0.3) is 0 Å². The van der Waals surface area contributed by atoms with Gasteiger partial charge in [-0.15, -0.1) is 0 Å². The first-order valence-corrected chi connectivity index (χ1v) is 5.21. The Labute approximate surface area is 80.6 Å². The lowest BCUT2D eigenvalue weighted by Gasteiger charge is -2.29. The summed E-state index contributed by atoms with van der Waals surface area (Å²) < 4.78 is 5.59. The zero-order valence-electron chi connectivity index (χ0n) is 8.62. The third-order valence-corrected chi connectivity index (χ3v) is 2.60. The molecule has 0 spiro atoms. The molecule has 0 aliphatic heterocycles. The van der Waals surface area contributed by atoms with Gasteiger partial charge in [-0.3, -0.25) is 0 Å². The second kappa shape index (κ2) is 5.40. The number of allylic oxidation sites excluding steroid dienone is 1. The van der Waals surface area contributed by atoms with Crippen LogP contribution in [0.4, 0.5) is 0 Å². The molecule has 1 aliphatic carbocycles. The summed E-state index contributed by atoms with van der Waals surface area (Å²) in [5, 5.41) is 9.66. The number of aliphatic hydroxyl groups excluding tert-OH is 1. The maximum absolute atomic E-state index is 9.66. The molecule has 1 fully saturated rings. The van der Waals surface area contributed by atoms with Crippen LogP contribution in [0.3, 0.4) is 0 Å². The van der Waals surface area contributed by atoms with Gasteiger partial charge in [0.25, 0.3) is 0 Å². The van der Waals surface area contributed by atoms with Crippen LogP contribution in [0.15, 0.2) is 11.6 Å². The van der Waals surface area contributed by atoms with E-state index in [2.05, 4.69) is 19.9 Å². The molecule has 0 heterocycles. The van der Waals surface area contributed by atoms with Crippen molar-refractivity contribution in [1.29, 1.82) is 0 Å². The second-order valence-electron chi connectivity index (χ2n) is 3.67. The van der Waals surface area contributed by atoms with Crippen LogP contribution in [0.1, 0.15) is 39.5 Å². The third kappa shape index (κ3) is 3.12. The first-order valence-electron chi connectivity index (χ1n) is 5.21. The molecule has 0 bridgehead atoms. The average molecular weight is 184 g/mol. The Morgan fingerprint density at radius 1 is 1.62 bits per heavy atom. The summed E-state index contributed by atoms with van der Waals surface area (Å²) in [7, 11) is 0. The van der Waals surface area contributed by atoms with Gasteiger partial charge in [0.2, 0.25) is 0 Å². The van der Waals surface area contributed by atoms with E-state index < -0.39 is 0 Å². The monoisotopic (exact) mass is 184 g/mol. The molecule has 1 aliphatic rings. The largest absolute Gasteiger partial charge is 0.390 e. The van der Waals surface area contributed by atoms with Crippen LogP contribution in [0, 0.1) is 0 Å². The minimum atomic E-state index is -0.254. The zero-order chi connectivity index (χ0) is 9.68. The van der Waals surface area contributed by atoms with Crippen LogP contribution in [-0.2, 0) is 4.74 Å². The number of hydrogen-bond acceptors (Lipinski definition) is 2. The van der Waals surface area contributed by atoms with Gasteiger partial charge in [0.15, 0.2) is 0 Å². The van der Waals surface area contributed by atoms with E-state index in [1.807, 2.05) is 0 Å². The molecule has 0 radical (unpaired) electrons. The Morgan fingerprint density at radius 2 is 2.38 bits per heavy atom. The van der Waals surface area contributed by atoms with Gasteiger partial charge in [-0.2, -0.15) is 0 Å². The van der Waals surface area contributed by atoms with Crippen molar-refractivity contribution in [3.63, 3.8) is 0 Å². The molecule has 1 saturated carbocycles. The molecule has 1 rings (SSSR count). The highest BCUT2D eigenvalue weighted by molar-refractivity contribution is 5.07. The van der Waals surface area contributed by atoms with Gasteiger partial charge in [0.05, 0.1) is 12.2 Å². The van der Waals surface area contributed by atoms with E-state index in [9.17, 15) is 5.11 Å². The first kappa shape index (κ1) is 10.7. The van der Waals surface area contributed by atoms with Gasteiger partial charge in [-0.1, -0.05) is 18.6 Å². The Hall–Kier alpha value is -0.340. The molecular weight excluding hydrogens is 164 g/mol. The van der Waals surface area contributed by atoms with Crippen molar-refractivity contribution in [2.45, 2.75) is 51.7 Å². The molecule has 2 atom stereocenters. The molecule has 0 unspecified atom stereocenters. The maximum atomic E-state index is 9.66. The second-order valence-corrected chi connectivity index (χ2v) is 3.67. The van der Waals surface area contributed by atoms with Crippen molar-refractivity contribution in [2.75, 3.05) is 6.61 Å². The minimum Gasteiger partial charge on any atom is -0.390 e. The van der Waals surface area contributed by atoms with Crippen molar-refractivity contribution in [3.8, 4) is 0 Å². The molecule has 0 amide bonds. The standard InChI is InChI=1S/C11H20O2/c1-3-7-13-11-8-9(4-2)5-6-10(11)12/h4,10-12H,3,5-8H2,1-2H3/t10-,11-/m1/s1. The van der Waals surface area contributed by atoms with Crippen LogP contribution in [-0.4, -0.2) is 23.9 Å². The highest BCUT2D eigenvalue weighted by atomic mass is 16.5. The van der Waals surface area contributed by atoms with Crippen LogP contribution in [0.2, 0.25) is 0 Å². The topological polar surface area (TPSA) is 29.5 Å². The minimum absolute atomic E-state index is 0.0416. The maximum Gasteiger partial charge on any atom is 0.0870 e. The number of aliphatic hydroxyl groups is 1. The Balaban J connectivity index is 2.40. The van der Waals surface area contributed by atoms with E-state index in [0.717, 1.165) is 32.3 Å². The fraction of sp³-hybridized carbons (Fsp3) is 0.818. The SMILES string of the molecule is CC=C1CC[C@@H](O)[C@H](OCCC)C1. The molecular formula is C11H20O2. The molecule has 0 aromatic rings. The molecule has 1 N–H and O–H groups in total. The molecule has 0 saturated heterocycles. The quantitative estimate of drug-likeness (QED) is 0.682. The van der Waals surface area contributed by atoms with Gasteiger partial charge in [0, 0.05) is 6.61 Å². The molecule has 76 valence electrons. The summed E-state index contributed by atoms with van der Waals surface area (Å²) in [6.45, 7) is 4.91. The normalized spacial score (nSPS) is 32.4. The third-order valence-electron chi connectivity index (χ3n) is 2.60. The summed E-state index contributed by atoms with van der Waals surface area (Å²) in [4.78, 5) is 0. The van der Waals surface area contributed by atoms with Crippen LogP contribution < -0.4 is 0 Å². The fourth-order valence-electron chi connectivity index (χ4n) is 1.72. The van der Waals surface area contributed by atoms with E-state index in [1.165, 1.54) is 5.57 Å². The van der Waals surface area contributed by atoms with Gasteiger partial charge in [-0.05, 0) is 32.6 Å². The molecule has 0 aromatic carbocycles. The van der Waals surface area contributed by atoms with E-state index in [4.69, 9.17) is 4.74 Å². The highest BCUT2D eigenvalue weighted by Gasteiger charge is 2.25. The van der Waals surface area contributed by atoms with Crippen molar-refractivity contribution >= 4 is 0 Å². The van der Waals surface area contributed by atoms with E-state index in [-0.39, 0.29) is 12.2 Å². The average Bonchev–Trinajstić information content (AvgIpc) is 2.17.